The van der Waals surface area contributed by atoms with Crippen LogP contribution in [0.3, 0.4) is 0 Å². The molecule has 1 aromatic carbocycles. The summed E-state index contributed by atoms with van der Waals surface area (Å²) in [5.74, 6) is 1.58. The molecule has 0 aromatic heterocycles. The monoisotopic (exact) mass is 248 g/mol. The zero-order chi connectivity index (χ0) is 13.3. The van der Waals surface area contributed by atoms with Gasteiger partial charge in [-0.3, -0.25) is 0 Å². The Balaban J connectivity index is 2.18. The van der Waals surface area contributed by atoms with Crippen LogP contribution in [0.5, 0.6) is 5.75 Å². The van der Waals surface area contributed by atoms with Gasteiger partial charge in [0.25, 0.3) is 0 Å². The maximum atomic E-state index is 10.1. The smallest absolute Gasteiger partial charge is 0.125 e. The molecule has 0 heterocycles. The lowest BCUT2D eigenvalue weighted by atomic mass is 9.86. The first-order valence-corrected chi connectivity index (χ1v) is 6.90. The van der Waals surface area contributed by atoms with E-state index in [0.29, 0.717) is 5.92 Å². The quantitative estimate of drug-likeness (QED) is 0.867. The third-order valence-electron chi connectivity index (χ3n) is 4.06. The van der Waals surface area contributed by atoms with E-state index >= 15 is 0 Å². The van der Waals surface area contributed by atoms with E-state index in [-0.39, 0.29) is 12.2 Å². The Morgan fingerprint density at radius 3 is 2.61 bits per heavy atom. The van der Waals surface area contributed by atoms with Gasteiger partial charge in [0.2, 0.25) is 0 Å². The molecule has 0 amide bonds. The van der Waals surface area contributed by atoms with Crippen molar-refractivity contribution in [1.82, 2.24) is 0 Å². The average Bonchev–Trinajstić information content (AvgIpc) is 2.30. The second kappa shape index (κ2) is 5.31. The van der Waals surface area contributed by atoms with E-state index in [0.717, 1.165) is 25.0 Å². The van der Waals surface area contributed by atoms with Crippen LogP contribution < -0.4 is 4.74 Å². The number of ether oxygens (including phenoxy) is 1. The number of aliphatic hydroxyl groups excluding tert-OH is 1. The minimum absolute atomic E-state index is 0.0475. The highest BCUT2D eigenvalue weighted by molar-refractivity contribution is 5.42. The molecule has 0 spiro atoms. The van der Waals surface area contributed by atoms with Crippen LogP contribution in [0.25, 0.3) is 0 Å². The summed E-state index contributed by atoms with van der Waals surface area (Å²) in [7, 11) is 0. The highest BCUT2D eigenvalue weighted by Crippen LogP contribution is 2.30. The van der Waals surface area contributed by atoms with Crippen LogP contribution in [0, 0.1) is 26.7 Å². The topological polar surface area (TPSA) is 29.5 Å². The summed E-state index contributed by atoms with van der Waals surface area (Å²) in [5, 5.41) is 10.1. The Hall–Kier alpha value is -1.02. The molecule has 1 aromatic rings. The SMILES string of the molecule is Cc1cc(C)c(C)c(OC2CC(C)CCC2O)c1. The fraction of sp³-hybridized carbons (Fsp3) is 0.625. The van der Waals surface area contributed by atoms with Crippen LogP contribution in [-0.4, -0.2) is 17.3 Å². The maximum absolute atomic E-state index is 10.1. The van der Waals surface area contributed by atoms with E-state index < -0.39 is 0 Å². The second-order valence-electron chi connectivity index (χ2n) is 5.85. The molecule has 3 unspecified atom stereocenters. The summed E-state index contributed by atoms with van der Waals surface area (Å²) in [4.78, 5) is 0. The lowest BCUT2D eigenvalue weighted by molar-refractivity contribution is -0.00794. The van der Waals surface area contributed by atoms with Gasteiger partial charge in [0, 0.05) is 0 Å². The van der Waals surface area contributed by atoms with E-state index in [9.17, 15) is 5.11 Å². The second-order valence-corrected chi connectivity index (χ2v) is 5.85. The molecule has 2 rings (SSSR count). The molecule has 0 bridgehead atoms. The first-order chi connectivity index (χ1) is 8.47. The molecule has 1 saturated carbocycles. The number of hydrogen-bond acceptors (Lipinski definition) is 2. The summed E-state index contributed by atoms with van der Waals surface area (Å²) >= 11 is 0. The van der Waals surface area contributed by atoms with Crippen molar-refractivity contribution >= 4 is 0 Å². The fourth-order valence-electron chi connectivity index (χ4n) is 2.73. The van der Waals surface area contributed by atoms with Crippen molar-refractivity contribution in [1.29, 1.82) is 0 Å². The molecule has 1 aliphatic carbocycles. The zero-order valence-corrected chi connectivity index (χ0v) is 11.9. The van der Waals surface area contributed by atoms with Gasteiger partial charge in [0.05, 0.1) is 6.10 Å². The molecule has 0 saturated heterocycles. The summed E-state index contributed by atoms with van der Waals surface area (Å²) in [6.45, 7) is 8.51. The third-order valence-corrected chi connectivity index (χ3v) is 4.06. The average molecular weight is 248 g/mol. The molecular formula is C16H24O2. The summed E-state index contributed by atoms with van der Waals surface area (Å²) in [6.07, 6.45) is 2.55. The van der Waals surface area contributed by atoms with Crippen molar-refractivity contribution in [3.05, 3.63) is 28.8 Å². The van der Waals surface area contributed by atoms with Gasteiger partial charge in [-0.2, -0.15) is 0 Å². The summed E-state index contributed by atoms with van der Waals surface area (Å²) in [6, 6.07) is 4.25. The number of hydrogen-bond donors (Lipinski definition) is 1. The van der Waals surface area contributed by atoms with Crippen LogP contribution in [0.15, 0.2) is 12.1 Å². The lowest BCUT2D eigenvalue weighted by Crippen LogP contribution is -2.37. The van der Waals surface area contributed by atoms with Gasteiger partial charge >= 0.3 is 0 Å². The normalized spacial score (nSPS) is 28.2. The number of rotatable bonds is 2. The minimum atomic E-state index is -0.318. The zero-order valence-electron chi connectivity index (χ0n) is 11.9. The summed E-state index contributed by atoms with van der Waals surface area (Å²) < 4.78 is 6.08. The number of aliphatic hydroxyl groups is 1. The molecule has 1 N–H and O–H groups in total. The van der Waals surface area contributed by atoms with E-state index in [1.54, 1.807) is 0 Å². The molecule has 3 atom stereocenters. The van der Waals surface area contributed by atoms with Gasteiger partial charge in [0.15, 0.2) is 0 Å². The predicted octanol–water partition coefficient (Wildman–Crippen LogP) is 3.54. The van der Waals surface area contributed by atoms with Crippen molar-refractivity contribution < 1.29 is 9.84 Å². The van der Waals surface area contributed by atoms with E-state index in [2.05, 4.69) is 39.8 Å². The lowest BCUT2D eigenvalue weighted by Gasteiger charge is -2.32. The molecule has 1 aliphatic rings. The van der Waals surface area contributed by atoms with Crippen molar-refractivity contribution in [3.63, 3.8) is 0 Å². The molecule has 1 fully saturated rings. The van der Waals surface area contributed by atoms with Gasteiger partial charge in [0.1, 0.15) is 11.9 Å². The van der Waals surface area contributed by atoms with E-state index in [1.165, 1.54) is 16.7 Å². The van der Waals surface area contributed by atoms with Gasteiger partial charge in [-0.1, -0.05) is 13.0 Å². The standard InChI is InChI=1S/C16H24O2/c1-10-5-6-14(17)16(8-10)18-15-9-11(2)7-12(3)13(15)4/h7,9-10,14,16-17H,5-6,8H2,1-4H3. The minimum Gasteiger partial charge on any atom is -0.487 e. The Bertz CT molecular complexity index is 425. The number of benzene rings is 1. The van der Waals surface area contributed by atoms with Crippen molar-refractivity contribution in [2.45, 2.75) is 59.2 Å². The van der Waals surface area contributed by atoms with Crippen LogP contribution in [0.4, 0.5) is 0 Å². The Morgan fingerprint density at radius 2 is 1.89 bits per heavy atom. The molecule has 0 aliphatic heterocycles. The van der Waals surface area contributed by atoms with Gasteiger partial charge in [-0.25, -0.2) is 0 Å². The van der Waals surface area contributed by atoms with E-state index in [1.807, 2.05) is 0 Å². The first kappa shape index (κ1) is 13.4. The van der Waals surface area contributed by atoms with Crippen LogP contribution in [0.2, 0.25) is 0 Å². The number of aryl methyl sites for hydroxylation is 2. The molecule has 100 valence electrons. The van der Waals surface area contributed by atoms with Gasteiger partial charge in [-0.05, 0) is 68.7 Å². The van der Waals surface area contributed by atoms with Crippen LogP contribution in [-0.2, 0) is 0 Å². The molecule has 18 heavy (non-hydrogen) atoms. The first-order valence-electron chi connectivity index (χ1n) is 6.90. The Labute approximate surface area is 110 Å². The van der Waals surface area contributed by atoms with Crippen molar-refractivity contribution in [3.8, 4) is 5.75 Å². The van der Waals surface area contributed by atoms with Crippen molar-refractivity contribution in [2.24, 2.45) is 5.92 Å². The third kappa shape index (κ3) is 2.86. The summed E-state index contributed by atoms with van der Waals surface area (Å²) in [5.41, 5.74) is 3.65. The molecule has 0 radical (unpaired) electrons. The van der Waals surface area contributed by atoms with E-state index in [4.69, 9.17) is 4.74 Å². The largest absolute Gasteiger partial charge is 0.487 e. The van der Waals surface area contributed by atoms with Crippen LogP contribution in [0.1, 0.15) is 42.9 Å². The maximum Gasteiger partial charge on any atom is 0.125 e. The highest BCUT2D eigenvalue weighted by Gasteiger charge is 2.29. The Kier molecular flexibility index (Phi) is 3.96. The Morgan fingerprint density at radius 1 is 1.17 bits per heavy atom. The molecular weight excluding hydrogens is 224 g/mol. The van der Waals surface area contributed by atoms with Crippen LogP contribution >= 0.6 is 0 Å². The molecule has 2 heteroatoms. The van der Waals surface area contributed by atoms with Gasteiger partial charge < -0.3 is 9.84 Å². The highest BCUT2D eigenvalue weighted by atomic mass is 16.5. The fourth-order valence-corrected chi connectivity index (χ4v) is 2.73. The predicted molar refractivity (Wildman–Crippen MR) is 74.1 cm³/mol. The van der Waals surface area contributed by atoms with Gasteiger partial charge in [-0.15, -0.1) is 0 Å². The van der Waals surface area contributed by atoms with Crippen molar-refractivity contribution in [2.75, 3.05) is 0 Å². The molecule has 2 nitrogen and oxygen atoms in total.